The third kappa shape index (κ3) is 4.98. The first-order valence-electron chi connectivity index (χ1n) is 8.15. The standard InChI is InChI=1S/C19H15F3N2O5/c1-26-13-7-8-16(27-2)14(9-13)17-10-15(24-29-17)18(25)23-11-3-5-12(6-4-11)28-19(20,21)22/h3-10H,1-2H3,(H,23,25). The van der Waals surface area contributed by atoms with Crippen molar-refractivity contribution < 1.29 is 36.7 Å². The number of nitrogens with zero attached hydrogens (tertiary/aromatic N) is 1. The van der Waals surface area contributed by atoms with Crippen LogP contribution >= 0.6 is 0 Å². The zero-order valence-electron chi connectivity index (χ0n) is 15.2. The predicted octanol–water partition coefficient (Wildman–Crippen LogP) is 4.51. The molecular weight excluding hydrogens is 393 g/mol. The van der Waals surface area contributed by atoms with Crippen LogP contribution < -0.4 is 19.5 Å². The van der Waals surface area contributed by atoms with Gasteiger partial charge in [-0.25, -0.2) is 0 Å². The lowest BCUT2D eigenvalue weighted by Gasteiger charge is -2.09. The molecule has 0 radical (unpaired) electrons. The molecule has 0 aliphatic heterocycles. The largest absolute Gasteiger partial charge is 0.573 e. The van der Waals surface area contributed by atoms with Crippen molar-refractivity contribution in [2.24, 2.45) is 0 Å². The molecule has 0 saturated carbocycles. The number of aromatic nitrogens is 1. The number of amides is 1. The summed E-state index contributed by atoms with van der Waals surface area (Å²) in [5.74, 6) is 0.328. The zero-order chi connectivity index (χ0) is 21.0. The summed E-state index contributed by atoms with van der Waals surface area (Å²) in [4.78, 5) is 12.3. The molecule has 3 rings (SSSR count). The van der Waals surface area contributed by atoms with Crippen molar-refractivity contribution in [3.63, 3.8) is 0 Å². The van der Waals surface area contributed by atoms with Gasteiger partial charge in [0.05, 0.1) is 19.8 Å². The molecule has 0 unspecified atom stereocenters. The summed E-state index contributed by atoms with van der Waals surface area (Å²) in [6.07, 6.45) is -4.79. The third-order valence-corrected chi connectivity index (χ3v) is 3.76. The van der Waals surface area contributed by atoms with Gasteiger partial charge in [-0.05, 0) is 42.5 Å². The van der Waals surface area contributed by atoms with Gasteiger partial charge in [-0.15, -0.1) is 13.2 Å². The molecule has 3 aromatic rings. The normalized spacial score (nSPS) is 11.1. The fraction of sp³-hybridized carbons (Fsp3) is 0.158. The maximum atomic E-state index is 12.3. The van der Waals surface area contributed by atoms with Crippen LogP contribution in [0.2, 0.25) is 0 Å². The molecule has 1 amide bonds. The number of benzene rings is 2. The second-order valence-electron chi connectivity index (χ2n) is 5.67. The number of hydrogen-bond donors (Lipinski definition) is 1. The molecule has 0 aliphatic rings. The molecule has 0 saturated heterocycles. The number of alkyl halides is 3. The summed E-state index contributed by atoms with van der Waals surface area (Å²) >= 11 is 0. The van der Waals surface area contributed by atoms with Gasteiger partial charge in [0, 0.05) is 11.8 Å². The summed E-state index contributed by atoms with van der Waals surface area (Å²) in [5.41, 5.74) is 0.764. The highest BCUT2D eigenvalue weighted by Gasteiger charge is 2.31. The van der Waals surface area contributed by atoms with Gasteiger partial charge in [0.15, 0.2) is 11.5 Å². The van der Waals surface area contributed by atoms with Crippen LogP contribution in [0.4, 0.5) is 18.9 Å². The Hall–Kier alpha value is -3.69. The number of nitrogens with one attached hydrogen (secondary N) is 1. The Labute approximate surface area is 163 Å². The average molecular weight is 408 g/mol. The number of carbonyl (C=O) groups is 1. The van der Waals surface area contributed by atoms with E-state index in [0.29, 0.717) is 17.1 Å². The lowest BCUT2D eigenvalue weighted by Crippen LogP contribution is -2.17. The molecule has 0 spiro atoms. The lowest BCUT2D eigenvalue weighted by atomic mass is 10.1. The highest BCUT2D eigenvalue weighted by molar-refractivity contribution is 6.03. The second-order valence-corrected chi connectivity index (χ2v) is 5.67. The molecule has 0 fully saturated rings. The van der Waals surface area contributed by atoms with Crippen LogP contribution in [0, 0.1) is 0 Å². The van der Waals surface area contributed by atoms with Crippen molar-refractivity contribution in [2.45, 2.75) is 6.36 Å². The molecule has 1 heterocycles. The van der Waals surface area contributed by atoms with E-state index in [0.717, 1.165) is 12.1 Å². The minimum atomic E-state index is -4.79. The summed E-state index contributed by atoms with van der Waals surface area (Å²) in [5, 5.41) is 6.24. The summed E-state index contributed by atoms with van der Waals surface area (Å²) in [6, 6.07) is 11.2. The topological polar surface area (TPSA) is 82.8 Å². The van der Waals surface area contributed by atoms with Gasteiger partial charge in [-0.3, -0.25) is 4.79 Å². The first-order chi connectivity index (χ1) is 13.8. The average Bonchev–Trinajstić information content (AvgIpc) is 3.18. The molecule has 152 valence electrons. The Bertz CT molecular complexity index is 1000. The fourth-order valence-corrected chi connectivity index (χ4v) is 2.45. The van der Waals surface area contributed by atoms with E-state index in [1.165, 1.54) is 32.4 Å². The Balaban J connectivity index is 1.75. The number of anilines is 1. The molecule has 0 atom stereocenters. The Kier molecular flexibility index (Phi) is 5.62. The maximum Gasteiger partial charge on any atom is 0.573 e. The van der Waals surface area contributed by atoms with E-state index in [1.807, 2.05) is 0 Å². The minimum absolute atomic E-state index is 0.0273. The van der Waals surface area contributed by atoms with Gasteiger partial charge in [0.2, 0.25) is 0 Å². The van der Waals surface area contributed by atoms with E-state index in [9.17, 15) is 18.0 Å². The van der Waals surface area contributed by atoms with Gasteiger partial charge in [0.1, 0.15) is 17.2 Å². The Morgan fingerprint density at radius 3 is 2.31 bits per heavy atom. The molecule has 29 heavy (non-hydrogen) atoms. The molecule has 1 aromatic heterocycles. The van der Waals surface area contributed by atoms with Gasteiger partial charge in [0.25, 0.3) is 5.91 Å². The van der Waals surface area contributed by atoms with Gasteiger partial charge in [-0.1, -0.05) is 5.16 Å². The first kappa shape index (κ1) is 20.1. The van der Waals surface area contributed by atoms with E-state index in [-0.39, 0.29) is 17.1 Å². The summed E-state index contributed by atoms with van der Waals surface area (Å²) in [7, 11) is 3.00. The van der Waals surface area contributed by atoms with E-state index >= 15 is 0 Å². The number of ether oxygens (including phenoxy) is 3. The van der Waals surface area contributed by atoms with Crippen molar-refractivity contribution in [3.05, 3.63) is 54.2 Å². The van der Waals surface area contributed by atoms with Gasteiger partial charge < -0.3 is 24.1 Å². The lowest BCUT2D eigenvalue weighted by molar-refractivity contribution is -0.274. The van der Waals surface area contributed by atoms with Gasteiger partial charge in [-0.2, -0.15) is 0 Å². The smallest absolute Gasteiger partial charge is 0.497 e. The maximum absolute atomic E-state index is 12.3. The SMILES string of the molecule is COc1ccc(OC)c(-c2cc(C(=O)Nc3ccc(OC(F)(F)F)cc3)no2)c1. The molecule has 2 aromatic carbocycles. The molecule has 10 heteroatoms. The first-order valence-corrected chi connectivity index (χ1v) is 8.15. The number of hydrogen-bond acceptors (Lipinski definition) is 6. The molecule has 1 N–H and O–H groups in total. The Morgan fingerprint density at radius 1 is 1.00 bits per heavy atom. The van der Waals surface area contributed by atoms with E-state index in [4.69, 9.17) is 14.0 Å². The van der Waals surface area contributed by atoms with Gasteiger partial charge >= 0.3 is 6.36 Å². The predicted molar refractivity (Wildman–Crippen MR) is 96.1 cm³/mol. The van der Waals surface area contributed by atoms with E-state index < -0.39 is 18.0 Å². The van der Waals surface area contributed by atoms with Crippen LogP contribution in [0.3, 0.4) is 0 Å². The molecular formula is C19H15F3N2O5. The number of rotatable bonds is 6. The van der Waals surface area contributed by atoms with Crippen LogP contribution in [-0.4, -0.2) is 31.6 Å². The van der Waals surface area contributed by atoms with Crippen LogP contribution in [0.25, 0.3) is 11.3 Å². The summed E-state index contributed by atoms with van der Waals surface area (Å²) in [6.45, 7) is 0. The van der Waals surface area contributed by atoms with Crippen molar-refractivity contribution in [1.82, 2.24) is 5.16 Å². The highest BCUT2D eigenvalue weighted by atomic mass is 19.4. The highest BCUT2D eigenvalue weighted by Crippen LogP contribution is 2.34. The van der Waals surface area contributed by atoms with Crippen LogP contribution in [0.15, 0.2) is 53.1 Å². The minimum Gasteiger partial charge on any atom is -0.497 e. The van der Waals surface area contributed by atoms with Crippen molar-refractivity contribution >= 4 is 11.6 Å². The zero-order valence-corrected chi connectivity index (χ0v) is 15.2. The van der Waals surface area contributed by atoms with Crippen molar-refractivity contribution in [1.29, 1.82) is 0 Å². The monoisotopic (exact) mass is 408 g/mol. The van der Waals surface area contributed by atoms with Crippen LogP contribution in [0.5, 0.6) is 17.2 Å². The quantitative estimate of drug-likeness (QED) is 0.646. The van der Waals surface area contributed by atoms with Crippen molar-refractivity contribution in [3.8, 4) is 28.6 Å². The molecule has 0 bridgehead atoms. The summed E-state index contributed by atoms with van der Waals surface area (Å²) < 4.78 is 56.0. The molecule has 0 aliphatic carbocycles. The number of halogens is 3. The number of carbonyl (C=O) groups excluding carboxylic acids is 1. The number of methoxy groups -OCH3 is 2. The van der Waals surface area contributed by atoms with Crippen molar-refractivity contribution in [2.75, 3.05) is 19.5 Å². The van der Waals surface area contributed by atoms with E-state index in [2.05, 4.69) is 15.2 Å². The molecule has 7 nitrogen and oxygen atoms in total. The van der Waals surface area contributed by atoms with E-state index in [1.54, 1.807) is 18.2 Å². The fourth-order valence-electron chi connectivity index (χ4n) is 2.45. The van der Waals surface area contributed by atoms with Crippen LogP contribution in [-0.2, 0) is 0 Å². The van der Waals surface area contributed by atoms with Crippen LogP contribution in [0.1, 0.15) is 10.5 Å². The third-order valence-electron chi connectivity index (χ3n) is 3.76. The Morgan fingerprint density at radius 2 is 1.69 bits per heavy atom. The second kappa shape index (κ2) is 8.13.